The molecule has 1 heterocycles. The number of pyridine rings is 1. The second-order valence-electron chi connectivity index (χ2n) is 6.08. The smallest absolute Gasteiger partial charge is 0.271 e. The van der Waals surface area contributed by atoms with Gasteiger partial charge in [0.25, 0.3) is 5.56 Å². The van der Waals surface area contributed by atoms with Crippen molar-refractivity contribution in [3.8, 4) is 11.9 Å². The van der Waals surface area contributed by atoms with Crippen molar-refractivity contribution < 1.29 is 5.11 Å². The highest BCUT2D eigenvalue weighted by Gasteiger charge is 2.18. The molecule has 0 unspecified atom stereocenters. The van der Waals surface area contributed by atoms with E-state index >= 15 is 0 Å². The second-order valence-corrected chi connectivity index (χ2v) is 6.92. The van der Waals surface area contributed by atoms with Crippen LogP contribution < -0.4 is 5.56 Å². The van der Waals surface area contributed by atoms with E-state index in [1.165, 1.54) is 6.21 Å². The summed E-state index contributed by atoms with van der Waals surface area (Å²) in [5.74, 6) is -0.271. The summed E-state index contributed by atoms with van der Waals surface area (Å²) >= 11 is 12.1. The minimum atomic E-state index is -0.556. The van der Waals surface area contributed by atoms with Gasteiger partial charge in [-0.2, -0.15) is 5.26 Å². The summed E-state index contributed by atoms with van der Waals surface area (Å²) < 4.78 is 1.15. The molecule has 3 aromatic rings. The molecule has 0 saturated heterocycles. The van der Waals surface area contributed by atoms with E-state index in [-0.39, 0.29) is 23.6 Å². The first-order chi connectivity index (χ1) is 13.4. The minimum absolute atomic E-state index is 0.0487. The van der Waals surface area contributed by atoms with Gasteiger partial charge in [-0.25, -0.2) is 0 Å². The lowest BCUT2D eigenvalue weighted by Crippen LogP contribution is -2.25. The molecule has 0 aliphatic heterocycles. The molecular formula is C21H15Cl2N3O2. The number of rotatable bonds is 4. The highest BCUT2D eigenvalue weighted by atomic mass is 35.5. The van der Waals surface area contributed by atoms with Gasteiger partial charge in [0.1, 0.15) is 11.6 Å². The molecule has 28 heavy (non-hydrogen) atoms. The molecule has 0 radical (unpaired) electrons. The molecular weight excluding hydrogens is 397 g/mol. The van der Waals surface area contributed by atoms with Crippen molar-refractivity contribution in [1.82, 2.24) is 4.57 Å². The maximum Gasteiger partial charge on any atom is 0.271 e. The van der Waals surface area contributed by atoms with E-state index < -0.39 is 5.56 Å². The zero-order valence-corrected chi connectivity index (χ0v) is 16.4. The van der Waals surface area contributed by atoms with Crippen molar-refractivity contribution in [2.45, 2.75) is 13.5 Å². The Morgan fingerprint density at radius 2 is 1.93 bits per heavy atom. The van der Waals surface area contributed by atoms with Crippen LogP contribution in [0.5, 0.6) is 5.88 Å². The van der Waals surface area contributed by atoms with Crippen molar-refractivity contribution in [2.75, 3.05) is 0 Å². The first kappa shape index (κ1) is 19.7. The van der Waals surface area contributed by atoms with Gasteiger partial charge in [-0.15, -0.1) is 0 Å². The zero-order chi connectivity index (χ0) is 20.3. The summed E-state index contributed by atoms with van der Waals surface area (Å²) in [4.78, 5) is 17.0. The molecule has 140 valence electrons. The molecule has 5 nitrogen and oxygen atoms in total. The standard InChI is InChI=1S/C21H15Cl2N3O2/c1-13-16(10-24)20(27)26(12-14-5-3-2-4-6-14)21(28)17(13)11-25-19-9-15(22)7-8-18(19)23/h2-9,11,28H,12H2,1H3. The van der Waals surface area contributed by atoms with Crippen molar-refractivity contribution >= 4 is 35.1 Å². The van der Waals surface area contributed by atoms with E-state index in [1.54, 1.807) is 25.1 Å². The molecule has 0 bridgehead atoms. The summed E-state index contributed by atoms with van der Waals surface area (Å²) in [6.45, 7) is 1.71. The Morgan fingerprint density at radius 1 is 1.21 bits per heavy atom. The Labute approximate surface area is 171 Å². The monoisotopic (exact) mass is 411 g/mol. The second kappa shape index (κ2) is 8.30. The van der Waals surface area contributed by atoms with Gasteiger partial charge in [-0.3, -0.25) is 14.4 Å². The molecule has 0 amide bonds. The van der Waals surface area contributed by atoms with Crippen LogP contribution in [-0.2, 0) is 6.54 Å². The van der Waals surface area contributed by atoms with Gasteiger partial charge in [0, 0.05) is 11.2 Å². The van der Waals surface area contributed by atoms with Crippen molar-refractivity contribution in [1.29, 1.82) is 5.26 Å². The molecule has 3 rings (SSSR count). The van der Waals surface area contributed by atoms with Crippen molar-refractivity contribution in [3.05, 3.63) is 91.2 Å². The van der Waals surface area contributed by atoms with E-state index in [0.29, 0.717) is 21.3 Å². The van der Waals surface area contributed by atoms with Gasteiger partial charge in [0.05, 0.1) is 22.8 Å². The van der Waals surface area contributed by atoms with E-state index in [2.05, 4.69) is 4.99 Å². The largest absolute Gasteiger partial charge is 0.494 e. The van der Waals surface area contributed by atoms with E-state index in [1.807, 2.05) is 36.4 Å². The van der Waals surface area contributed by atoms with Gasteiger partial charge in [0.2, 0.25) is 5.88 Å². The average Bonchev–Trinajstić information content (AvgIpc) is 2.69. The first-order valence-electron chi connectivity index (χ1n) is 8.32. The Bertz CT molecular complexity index is 1160. The topological polar surface area (TPSA) is 78.4 Å². The lowest BCUT2D eigenvalue weighted by Gasteiger charge is -2.14. The summed E-state index contributed by atoms with van der Waals surface area (Å²) in [5, 5.41) is 21.0. The third-order valence-corrected chi connectivity index (χ3v) is 4.83. The van der Waals surface area contributed by atoms with Crippen LogP contribution in [0.15, 0.2) is 58.3 Å². The van der Waals surface area contributed by atoms with Gasteiger partial charge in [0.15, 0.2) is 0 Å². The van der Waals surface area contributed by atoms with E-state index in [4.69, 9.17) is 23.2 Å². The zero-order valence-electron chi connectivity index (χ0n) is 14.9. The Balaban J connectivity index is 2.14. The van der Waals surface area contributed by atoms with E-state index in [9.17, 15) is 15.2 Å². The molecule has 0 fully saturated rings. The van der Waals surface area contributed by atoms with Crippen LogP contribution in [0.25, 0.3) is 0 Å². The van der Waals surface area contributed by atoms with Gasteiger partial charge in [-0.1, -0.05) is 53.5 Å². The molecule has 0 aliphatic rings. The fourth-order valence-electron chi connectivity index (χ4n) is 2.76. The highest BCUT2D eigenvalue weighted by molar-refractivity contribution is 6.35. The summed E-state index contributed by atoms with van der Waals surface area (Å²) in [7, 11) is 0. The number of hydrogen-bond donors (Lipinski definition) is 1. The number of halogens is 2. The molecule has 1 N–H and O–H groups in total. The molecule has 1 aromatic heterocycles. The third kappa shape index (κ3) is 3.94. The van der Waals surface area contributed by atoms with Crippen molar-refractivity contribution in [3.63, 3.8) is 0 Å². The third-order valence-electron chi connectivity index (χ3n) is 4.27. The van der Waals surface area contributed by atoms with Crippen LogP contribution in [0.2, 0.25) is 10.0 Å². The summed E-state index contributed by atoms with van der Waals surface area (Å²) in [6, 6.07) is 15.9. The van der Waals surface area contributed by atoms with Crippen LogP contribution in [0, 0.1) is 18.3 Å². The van der Waals surface area contributed by atoms with Crippen LogP contribution >= 0.6 is 23.2 Å². The Hall–Kier alpha value is -3.07. The molecule has 0 saturated carbocycles. The van der Waals surface area contributed by atoms with Crippen molar-refractivity contribution in [2.24, 2.45) is 4.99 Å². The fraction of sp³-hybridized carbons (Fsp3) is 0.0952. The first-order valence-corrected chi connectivity index (χ1v) is 9.07. The fourth-order valence-corrected chi connectivity index (χ4v) is 3.09. The van der Waals surface area contributed by atoms with Crippen LogP contribution in [0.4, 0.5) is 5.69 Å². The van der Waals surface area contributed by atoms with Gasteiger partial charge in [-0.05, 0) is 36.2 Å². The Kier molecular flexibility index (Phi) is 5.84. The maximum absolute atomic E-state index is 12.7. The number of nitriles is 1. The number of aliphatic imine (C=N–C) groups is 1. The number of aromatic hydroxyl groups is 1. The van der Waals surface area contributed by atoms with Gasteiger partial charge >= 0.3 is 0 Å². The minimum Gasteiger partial charge on any atom is -0.494 e. The van der Waals surface area contributed by atoms with Crippen LogP contribution in [-0.4, -0.2) is 15.9 Å². The number of aromatic nitrogens is 1. The average molecular weight is 412 g/mol. The van der Waals surface area contributed by atoms with Gasteiger partial charge < -0.3 is 5.11 Å². The molecule has 0 aliphatic carbocycles. The lowest BCUT2D eigenvalue weighted by molar-refractivity contribution is 0.413. The quantitative estimate of drug-likeness (QED) is 0.623. The highest BCUT2D eigenvalue weighted by Crippen LogP contribution is 2.29. The normalized spacial score (nSPS) is 10.9. The number of benzene rings is 2. The number of hydrogen-bond acceptors (Lipinski definition) is 4. The maximum atomic E-state index is 12.7. The molecule has 0 atom stereocenters. The number of nitrogens with zero attached hydrogens (tertiary/aromatic N) is 3. The lowest BCUT2D eigenvalue weighted by atomic mass is 10.1. The Morgan fingerprint density at radius 3 is 2.61 bits per heavy atom. The molecule has 7 heteroatoms. The van der Waals surface area contributed by atoms with Crippen LogP contribution in [0.1, 0.15) is 22.3 Å². The van der Waals surface area contributed by atoms with E-state index in [0.717, 1.165) is 10.1 Å². The SMILES string of the molecule is Cc1c(C=Nc2cc(Cl)ccc2Cl)c(O)n(Cc2ccccc2)c(=O)c1C#N. The predicted octanol–water partition coefficient (Wildman–Crippen LogP) is 4.84. The van der Waals surface area contributed by atoms with Crippen LogP contribution in [0.3, 0.4) is 0 Å². The predicted molar refractivity (Wildman–Crippen MR) is 111 cm³/mol. The molecule has 0 spiro atoms. The summed E-state index contributed by atoms with van der Waals surface area (Å²) in [6.07, 6.45) is 1.38. The summed E-state index contributed by atoms with van der Waals surface area (Å²) in [5.41, 5.74) is 1.23. The molecule has 2 aromatic carbocycles.